The number of nitriles is 1. The molecule has 20 heavy (non-hydrogen) atoms. The van der Waals surface area contributed by atoms with Crippen LogP contribution in [0.5, 0.6) is 0 Å². The van der Waals surface area contributed by atoms with E-state index in [4.69, 9.17) is 5.26 Å². The van der Waals surface area contributed by atoms with Gasteiger partial charge in [0.1, 0.15) is 0 Å². The van der Waals surface area contributed by atoms with Gasteiger partial charge in [-0.05, 0) is 38.8 Å². The number of anilines is 2. The van der Waals surface area contributed by atoms with Crippen LogP contribution in [0.1, 0.15) is 33.1 Å². The van der Waals surface area contributed by atoms with Gasteiger partial charge in [-0.3, -0.25) is 4.79 Å². The van der Waals surface area contributed by atoms with Crippen molar-refractivity contribution in [2.24, 2.45) is 5.41 Å². The number of carbonyl (C=O) groups is 1. The standard InChI is InChI=1S/C16H21N3O/c1-16(2,12-17)9-5-6-10-19-14-8-4-3-7-13(14)18-11-15(19)20/h3-4,7-8,18H,5-6,9-11H2,1-2H3. The molecule has 1 aromatic rings. The third-order valence-electron chi connectivity index (χ3n) is 3.66. The quantitative estimate of drug-likeness (QED) is 0.837. The average Bonchev–Trinajstić information content (AvgIpc) is 2.45. The molecule has 0 radical (unpaired) electrons. The number of amides is 1. The molecule has 4 heteroatoms. The molecule has 0 saturated carbocycles. The summed E-state index contributed by atoms with van der Waals surface area (Å²) in [5.74, 6) is 0.114. The predicted molar refractivity (Wildman–Crippen MR) is 80.5 cm³/mol. The van der Waals surface area contributed by atoms with Crippen molar-refractivity contribution in [3.8, 4) is 6.07 Å². The van der Waals surface area contributed by atoms with Crippen LogP contribution in [0.2, 0.25) is 0 Å². The molecule has 2 rings (SSSR count). The average molecular weight is 271 g/mol. The summed E-state index contributed by atoms with van der Waals surface area (Å²) in [6.45, 7) is 5.00. The SMILES string of the molecule is CC(C)(C#N)CCCCN1C(=O)CNc2ccccc21. The lowest BCUT2D eigenvalue weighted by Gasteiger charge is -2.30. The van der Waals surface area contributed by atoms with Crippen LogP contribution in [0.25, 0.3) is 0 Å². The zero-order chi connectivity index (χ0) is 14.6. The summed E-state index contributed by atoms with van der Waals surface area (Å²) in [4.78, 5) is 13.9. The Balaban J connectivity index is 1.93. The van der Waals surface area contributed by atoms with Gasteiger partial charge in [0.15, 0.2) is 0 Å². The van der Waals surface area contributed by atoms with Crippen molar-refractivity contribution in [1.29, 1.82) is 5.26 Å². The summed E-state index contributed by atoms with van der Waals surface area (Å²) in [7, 11) is 0. The molecule has 1 aliphatic heterocycles. The van der Waals surface area contributed by atoms with E-state index in [1.165, 1.54) is 0 Å². The smallest absolute Gasteiger partial charge is 0.246 e. The molecule has 0 unspecified atom stereocenters. The van der Waals surface area contributed by atoms with Crippen LogP contribution in [0, 0.1) is 16.7 Å². The normalized spacial score (nSPS) is 14.4. The number of unbranched alkanes of at least 4 members (excludes halogenated alkanes) is 1. The van der Waals surface area contributed by atoms with E-state index in [-0.39, 0.29) is 11.3 Å². The van der Waals surface area contributed by atoms with E-state index in [2.05, 4.69) is 11.4 Å². The fraction of sp³-hybridized carbons (Fsp3) is 0.500. The van der Waals surface area contributed by atoms with Crippen molar-refractivity contribution < 1.29 is 4.79 Å². The number of benzene rings is 1. The zero-order valence-corrected chi connectivity index (χ0v) is 12.1. The van der Waals surface area contributed by atoms with Gasteiger partial charge in [0.25, 0.3) is 0 Å². The molecule has 1 heterocycles. The molecule has 0 fully saturated rings. The van der Waals surface area contributed by atoms with Gasteiger partial charge in [0, 0.05) is 6.54 Å². The van der Waals surface area contributed by atoms with E-state index in [0.717, 1.165) is 37.2 Å². The summed E-state index contributed by atoms with van der Waals surface area (Å²) < 4.78 is 0. The summed E-state index contributed by atoms with van der Waals surface area (Å²) in [5.41, 5.74) is 1.71. The molecule has 0 aromatic heterocycles. The van der Waals surface area contributed by atoms with Crippen LogP contribution >= 0.6 is 0 Å². The molecule has 1 aromatic carbocycles. The Bertz CT molecular complexity index is 531. The minimum absolute atomic E-state index is 0.114. The molecule has 1 N–H and O–H groups in total. The number of nitrogens with zero attached hydrogens (tertiary/aromatic N) is 2. The number of carbonyl (C=O) groups excluding carboxylic acids is 1. The van der Waals surface area contributed by atoms with E-state index in [1.807, 2.05) is 43.0 Å². The zero-order valence-electron chi connectivity index (χ0n) is 12.1. The number of rotatable bonds is 5. The Hall–Kier alpha value is -2.02. The van der Waals surface area contributed by atoms with E-state index < -0.39 is 0 Å². The van der Waals surface area contributed by atoms with Crippen LogP contribution < -0.4 is 10.2 Å². The second-order valence-corrected chi connectivity index (χ2v) is 5.87. The molecule has 0 atom stereocenters. The molecule has 4 nitrogen and oxygen atoms in total. The van der Waals surface area contributed by atoms with Crippen molar-refractivity contribution in [1.82, 2.24) is 0 Å². The van der Waals surface area contributed by atoms with Gasteiger partial charge in [0.05, 0.1) is 29.4 Å². The lowest BCUT2D eigenvalue weighted by Crippen LogP contribution is -2.40. The van der Waals surface area contributed by atoms with Crippen molar-refractivity contribution in [2.75, 3.05) is 23.3 Å². The molecule has 106 valence electrons. The maximum Gasteiger partial charge on any atom is 0.246 e. The first-order chi connectivity index (χ1) is 9.53. The maximum atomic E-state index is 12.0. The Kier molecular flexibility index (Phi) is 4.29. The third kappa shape index (κ3) is 3.30. The van der Waals surface area contributed by atoms with E-state index in [9.17, 15) is 4.79 Å². The first kappa shape index (κ1) is 14.4. The molecular weight excluding hydrogens is 250 g/mol. The van der Waals surface area contributed by atoms with Crippen LogP contribution in [0.15, 0.2) is 24.3 Å². The highest BCUT2D eigenvalue weighted by Crippen LogP contribution is 2.29. The van der Waals surface area contributed by atoms with Crippen molar-refractivity contribution in [3.63, 3.8) is 0 Å². The minimum Gasteiger partial charge on any atom is -0.374 e. The summed E-state index contributed by atoms with van der Waals surface area (Å²) in [6, 6.07) is 10.2. The maximum absolute atomic E-state index is 12.0. The van der Waals surface area contributed by atoms with Gasteiger partial charge in [-0.1, -0.05) is 18.6 Å². The van der Waals surface area contributed by atoms with Crippen LogP contribution in [-0.4, -0.2) is 19.0 Å². The Morgan fingerprint density at radius 3 is 2.85 bits per heavy atom. The van der Waals surface area contributed by atoms with Gasteiger partial charge in [-0.2, -0.15) is 5.26 Å². The summed E-state index contributed by atoms with van der Waals surface area (Å²) >= 11 is 0. The minimum atomic E-state index is -0.272. The second-order valence-electron chi connectivity index (χ2n) is 5.87. The molecule has 1 amide bonds. The van der Waals surface area contributed by atoms with Gasteiger partial charge >= 0.3 is 0 Å². The number of hydrogen-bond donors (Lipinski definition) is 1. The first-order valence-electron chi connectivity index (χ1n) is 7.08. The third-order valence-corrected chi connectivity index (χ3v) is 3.66. The Morgan fingerprint density at radius 1 is 1.35 bits per heavy atom. The van der Waals surface area contributed by atoms with Crippen molar-refractivity contribution >= 4 is 17.3 Å². The first-order valence-corrected chi connectivity index (χ1v) is 7.08. The molecule has 0 aliphatic carbocycles. The molecule has 0 bridgehead atoms. The number of para-hydroxylation sites is 2. The van der Waals surface area contributed by atoms with Gasteiger partial charge in [-0.15, -0.1) is 0 Å². The van der Waals surface area contributed by atoms with Crippen LogP contribution in [0.4, 0.5) is 11.4 Å². The lowest BCUT2D eigenvalue weighted by atomic mass is 9.89. The largest absolute Gasteiger partial charge is 0.374 e. The van der Waals surface area contributed by atoms with E-state index in [1.54, 1.807) is 0 Å². The Labute approximate surface area is 120 Å². The Morgan fingerprint density at radius 2 is 2.10 bits per heavy atom. The topological polar surface area (TPSA) is 56.1 Å². The van der Waals surface area contributed by atoms with Crippen LogP contribution in [0.3, 0.4) is 0 Å². The summed E-state index contributed by atoms with van der Waals surface area (Å²) in [6.07, 6.45) is 2.75. The highest BCUT2D eigenvalue weighted by atomic mass is 16.2. The molecular formula is C16H21N3O. The van der Waals surface area contributed by atoms with Gasteiger partial charge in [0.2, 0.25) is 5.91 Å². The van der Waals surface area contributed by atoms with Gasteiger partial charge in [-0.25, -0.2) is 0 Å². The van der Waals surface area contributed by atoms with E-state index in [0.29, 0.717) is 6.54 Å². The van der Waals surface area contributed by atoms with Crippen LogP contribution in [-0.2, 0) is 4.79 Å². The summed E-state index contributed by atoms with van der Waals surface area (Å²) in [5, 5.41) is 12.1. The van der Waals surface area contributed by atoms with E-state index >= 15 is 0 Å². The number of nitrogens with one attached hydrogen (secondary N) is 1. The molecule has 0 spiro atoms. The molecule has 0 saturated heterocycles. The predicted octanol–water partition coefficient (Wildman–Crippen LogP) is 3.17. The molecule has 1 aliphatic rings. The van der Waals surface area contributed by atoms with Crippen molar-refractivity contribution in [2.45, 2.75) is 33.1 Å². The highest BCUT2D eigenvalue weighted by molar-refractivity contribution is 6.02. The van der Waals surface area contributed by atoms with Crippen molar-refractivity contribution in [3.05, 3.63) is 24.3 Å². The van der Waals surface area contributed by atoms with Gasteiger partial charge < -0.3 is 10.2 Å². The fourth-order valence-corrected chi connectivity index (χ4v) is 2.40. The lowest BCUT2D eigenvalue weighted by molar-refractivity contribution is -0.117. The number of hydrogen-bond acceptors (Lipinski definition) is 3. The number of fused-ring (bicyclic) bond motifs is 1. The monoisotopic (exact) mass is 271 g/mol. The second kappa shape index (κ2) is 5.96. The fourth-order valence-electron chi connectivity index (χ4n) is 2.40. The highest BCUT2D eigenvalue weighted by Gasteiger charge is 2.23.